The fraction of sp³-hybridized carbons (Fsp3) is 0.455. The van der Waals surface area contributed by atoms with E-state index in [1.807, 2.05) is 18.2 Å². The Bertz CT molecular complexity index is 1420. The van der Waals surface area contributed by atoms with E-state index >= 15 is 0 Å². The van der Waals surface area contributed by atoms with E-state index in [4.69, 9.17) is 8.85 Å². The zero-order valence-electron chi connectivity index (χ0n) is 21.4. The van der Waals surface area contributed by atoms with Gasteiger partial charge in [-0.05, 0) is 43.6 Å². The first-order valence-corrected chi connectivity index (χ1v) is 10.8. The molecule has 0 unspecified atom stereocenters. The van der Waals surface area contributed by atoms with E-state index in [1.165, 1.54) is 11.6 Å². The number of fused-ring (bicyclic) bond motifs is 2. The maximum absolute atomic E-state index is 14.8. The highest BCUT2D eigenvalue weighted by Gasteiger charge is 2.44. The number of anilines is 1. The maximum Gasteiger partial charge on any atom is 0.280 e. The number of hydrogen-bond donors (Lipinski definition) is 1. The van der Waals surface area contributed by atoms with Gasteiger partial charge >= 0.3 is 0 Å². The van der Waals surface area contributed by atoms with Gasteiger partial charge in [0.1, 0.15) is 11.0 Å². The Balaban J connectivity index is 1.46. The molecule has 1 aliphatic heterocycles. The molecule has 1 saturated heterocycles. The fourth-order valence-corrected chi connectivity index (χ4v) is 4.21. The number of aryl methyl sites for hydroxylation is 1. The molecule has 0 aliphatic carbocycles. The molecule has 0 amide bonds. The number of alkyl halides is 3. The Morgan fingerprint density at radius 2 is 2.21 bits per heavy atom. The van der Waals surface area contributed by atoms with Gasteiger partial charge < -0.3 is 15.0 Å². The highest BCUT2D eigenvalue weighted by molar-refractivity contribution is 5.89. The Labute approximate surface area is 197 Å². The Hall–Kier alpha value is -3.41. The van der Waals surface area contributed by atoms with E-state index in [2.05, 4.69) is 25.7 Å². The molecule has 4 heterocycles. The zero-order chi connectivity index (χ0) is 26.4. The third kappa shape index (κ3) is 4.02. The Morgan fingerprint density at radius 3 is 2.97 bits per heavy atom. The van der Waals surface area contributed by atoms with Crippen LogP contribution in [0, 0.1) is 0 Å². The first kappa shape index (κ1) is 19.0. The standard InChI is InChI=1S/C22H25F3N8O/c1-31-10-7-18(22(24,25)13-31)26-21-27-20(34-2)19-15(6-11-33(19)29-21)14-4-5-16-17(12-14)32(30-28-16)9-3-8-23/h4-6,11-12,18H,3,7-10,13H2,1-2H3,(H,26,29)/t18-/m1/s1/i1D3. The lowest BCUT2D eigenvalue weighted by atomic mass is 10.0. The Morgan fingerprint density at radius 1 is 1.32 bits per heavy atom. The number of methoxy groups -OCH3 is 1. The van der Waals surface area contributed by atoms with E-state index in [9.17, 15) is 13.2 Å². The van der Waals surface area contributed by atoms with Crippen molar-refractivity contribution in [1.82, 2.24) is 34.5 Å². The van der Waals surface area contributed by atoms with Gasteiger partial charge in [-0.3, -0.25) is 4.39 Å². The summed E-state index contributed by atoms with van der Waals surface area (Å²) in [6, 6.07) is 6.01. The second-order valence-corrected chi connectivity index (χ2v) is 8.19. The molecule has 5 rings (SSSR count). The number of ether oxygens (including phenoxy) is 1. The number of likely N-dealkylation sites (tertiary alicyclic amines) is 1. The summed E-state index contributed by atoms with van der Waals surface area (Å²) < 4.78 is 73.1. The molecule has 0 saturated carbocycles. The van der Waals surface area contributed by atoms with Crippen LogP contribution in [0.2, 0.25) is 0 Å². The highest BCUT2D eigenvalue weighted by atomic mass is 19.3. The normalized spacial score (nSPS) is 20.2. The van der Waals surface area contributed by atoms with Crippen LogP contribution in [0.4, 0.5) is 19.1 Å². The van der Waals surface area contributed by atoms with Crippen LogP contribution in [0.15, 0.2) is 30.5 Å². The van der Waals surface area contributed by atoms with Gasteiger partial charge in [-0.25, -0.2) is 18.0 Å². The minimum atomic E-state index is -3.31. The average Bonchev–Trinajstić information content (AvgIpc) is 3.46. The van der Waals surface area contributed by atoms with Crippen molar-refractivity contribution in [2.75, 3.05) is 39.2 Å². The summed E-state index contributed by atoms with van der Waals surface area (Å²) >= 11 is 0. The quantitative estimate of drug-likeness (QED) is 0.437. The van der Waals surface area contributed by atoms with Crippen molar-refractivity contribution in [2.45, 2.75) is 31.4 Å². The van der Waals surface area contributed by atoms with Crippen molar-refractivity contribution < 1.29 is 22.0 Å². The van der Waals surface area contributed by atoms with Crippen molar-refractivity contribution in [3.05, 3.63) is 30.5 Å². The molecule has 12 heteroatoms. The number of nitrogens with zero attached hydrogens (tertiary/aromatic N) is 7. The molecule has 1 atom stereocenters. The molecule has 9 nitrogen and oxygen atoms in total. The van der Waals surface area contributed by atoms with E-state index in [0.29, 0.717) is 24.0 Å². The molecule has 3 aromatic heterocycles. The van der Waals surface area contributed by atoms with Crippen LogP contribution in [0.25, 0.3) is 27.7 Å². The molecule has 0 spiro atoms. The van der Waals surface area contributed by atoms with E-state index in [1.54, 1.807) is 16.9 Å². The van der Waals surface area contributed by atoms with Gasteiger partial charge in [0.15, 0.2) is 0 Å². The summed E-state index contributed by atoms with van der Waals surface area (Å²) in [4.78, 5) is 5.12. The molecule has 1 aliphatic rings. The number of benzene rings is 1. The summed E-state index contributed by atoms with van der Waals surface area (Å²) in [5.74, 6) is -3.21. The number of piperidine rings is 1. The monoisotopic (exact) mass is 477 g/mol. The predicted octanol–water partition coefficient (Wildman–Crippen LogP) is 3.26. The summed E-state index contributed by atoms with van der Waals surface area (Å²) in [7, 11) is 1.42. The lowest BCUT2D eigenvalue weighted by molar-refractivity contribution is -0.0675. The molecule has 180 valence electrons. The van der Waals surface area contributed by atoms with Crippen LogP contribution >= 0.6 is 0 Å². The molecule has 1 N–H and O–H groups in total. The minimum absolute atomic E-state index is 0.0178. The van der Waals surface area contributed by atoms with Crippen LogP contribution in [0.1, 0.15) is 17.0 Å². The summed E-state index contributed by atoms with van der Waals surface area (Å²) in [5.41, 5.74) is 3.48. The molecule has 0 bridgehead atoms. The predicted molar refractivity (Wildman–Crippen MR) is 121 cm³/mol. The fourth-order valence-electron chi connectivity index (χ4n) is 4.21. The third-order valence-corrected chi connectivity index (χ3v) is 5.90. The van der Waals surface area contributed by atoms with E-state index in [-0.39, 0.29) is 24.8 Å². The van der Waals surface area contributed by atoms with Gasteiger partial charge in [0.25, 0.3) is 5.92 Å². The van der Waals surface area contributed by atoms with Crippen molar-refractivity contribution in [3.8, 4) is 17.0 Å². The SMILES string of the molecule is [2H]C([2H])([2H])N1CC[C@@H](Nc2nc(OC)c3c(-c4ccc5nnn(CCCF)c5c4)ccn3n2)C(F)(F)C1. The number of halogens is 3. The largest absolute Gasteiger partial charge is 0.479 e. The third-order valence-electron chi connectivity index (χ3n) is 5.90. The molecule has 0 radical (unpaired) electrons. The minimum Gasteiger partial charge on any atom is -0.479 e. The van der Waals surface area contributed by atoms with Gasteiger partial charge in [0, 0.05) is 29.0 Å². The van der Waals surface area contributed by atoms with Crippen molar-refractivity contribution in [1.29, 1.82) is 0 Å². The number of aromatic nitrogens is 6. The van der Waals surface area contributed by atoms with Crippen molar-refractivity contribution in [3.63, 3.8) is 0 Å². The second kappa shape index (κ2) is 8.75. The summed E-state index contributed by atoms with van der Waals surface area (Å²) in [6.07, 6.45) is 1.89. The van der Waals surface area contributed by atoms with Gasteiger partial charge in [0.2, 0.25) is 11.8 Å². The number of rotatable bonds is 7. The van der Waals surface area contributed by atoms with Crippen LogP contribution < -0.4 is 10.1 Å². The highest BCUT2D eigenvalue weighted by Crippen LogP contribution is 2.34. The van der Waals surface area contributed by atoms with Crippen molar-refractivity contribution >= 4 is 22.5 Å². The number of hydrogen-bond acceptors (Lipinski definition) is 7. The van der Waals surface area contributed by atoms with Gasteiger partial charge in [-0.15, -0.1) is 10.2 Å². The molecule has 1 aromatic carbocycles. The Kier molecular flexibility index (Phi) is 4.88. The molecular weight excluding hydrogens is 449 g/mol. The molecule has 4 aromatic rings. The van der Waals surface area contributed by atoms with Crippen LogP contribution in [0.3, 0.4) is 0 Å². The average molecular weight is 478 g/mol. The molecule has 1 fully saturated rings. The smallest absolute Gasteiger partial charge is 0.280 e. The van der Waals surface area contributed by atoms with Gasteiger partial charge in [-0.2, -0.15) is 4.98 Å². The van der Waals surface area contributed by atoms with Gasteiger partial charge in [-0.1, -0.05) is 11.3 Å². The molecular formula is C22H25F3N8O. The summed E-state index contributed by atoms with van der Waals surface area (Å²) in [5, 5.41) is 15.2. The lowest BCUT2D eigenvalue weighted by Gasteiger charge is -2.36. The van der Waals surface area contributed by atoms with E-state index in [0.717, 1.165) is 21.5 Å². The van der Waals surface area contributed by atoms with E-state index < -0.39 is 32.2 Å². The van der Waals surface area contributed by atoms with Crippen LogP contribution in [-0.4, -0.2) is 80.3 Å². The second-order valence-electron chi connectivity index (χ2n) is 8.19. The number of nitrogens with one attached hydrogen (secondary N) is 1. The summed E-state index contributed by atoms with van der Waals surface area (Å²) in [6.45, 7) is -3.56. The van der Waals surface area contributed by atoms with Crippen LogP contribution in [-0.2, 0) is 6.54 Å². The first-order chi connectivity index (χ1) is 17.6. The topological polar surface area (TPSA) is 85.4 Å². The lowest BCUT2D eigenvalue weighted by Crippen LogP contribution is -2.53. The zero-order valence-corrected chi connectivity index (χ0v) is 18.4. The van der Waals surface area contributed by atoms with Crippen molar-refractivity contribution in [2.24, 2.45) is 0 Å². The molecule has 34 heavy (non-hydrogen) atoms. The first-order valence-electron chi connectivity index (χ1n) is 12.3. The maximum atomic E-state index is 14.8. The van der Waals surface area contributed by atoms with Crippen LogP contribution in [0.5, 0.6) is 5.88 Å². The van der Waals surface area contributed by atoms with Gasteiger partial charge in [0.05, 0.1) is 31.9 Å².